The van der Waals surface area contributed by atoms with E-state index in [4.69, 9.17) is 58.8 Å². The highest BCUT2D eigenvalue weighted by Crippen LogP contribution is 2.60. The number of aromatic hydroxyl groups is 8. The van der Waals surface area contributed by atoms with Crippen molar-refractivity contribution >= 4 is 69.4 Å². The van der Waals surface area contributed by atoms with Gasteiger partial charge in [0.05, 0.1) is 131 Å². The number of phenolic OH excluding ortho intramolecular Hbond substituents is 8. The number of carbonyl (C=O) groups excluding carboxylic acids is 12. The molecule has 0 amide bonds. The Morgan fingerprint density at radius 3 is 0.750 bits per heavy atom. The van der Waals surface area contributed by atoms with Gasteiger partial charge in [0.15, 0.2) is 83.0 Å². The average molecular weight is 2040 g/mol. The summed E-state index contributed by atoms with van der Waals surface area (Å²) in [5.74, 6) is -12.0. The third-order valence-corrected chi connectivity index (χ3v) is 32.1. The molecule has 4 saturated heterocycles. The minimum atomic E-state index is -1.97. The molecule has 4 fully saturated rings. The SMILES string of the molecule is CC(=O)[C@]1(O)Cc2c(O)c3c(c(O)c2[C@@H](O[C@H]2C[C@H](C)[C@H](O)[C@H](C)O2)C1)C(=O)c1ccccc1C3=O.CC(=O)[C@]1(O)Cc2c(O)c3c(c(O)c2[C@@H](O[C@H]2C[C@H](N)[C@H](C)[C@H](C)O2)C1)C(=O)c1ccccc1C3=O.COc1cccc2c1C(=O)c1c(O)c3c(c(O)c1C2=O)C[C@@](O)(C(C)=O)C[C@@H]3O[C@H]1C[C@H](C)[C@H](O)[C@H](C)O1.COc1cccc2c1C(=O)c1c(O)c3c(c(O)c1C2=O)C[C@@](O)(C(C)=O)C[C@@H]3O[C@H]1C[C@H](N)[C@H](C)[C@H](C)O1. The van der Waals surface area contributed by atoms with Crippen LogP contribution in [-0.2, 0) is 82.8 Å². The van der Waals surface area contributed by atoms with Crippen molar-refractivity contribution < 1.29 is 176 Å². The lowest BCUT2D eigenvalue weighted by molar-refractivity contribution is -0.255. The number of hydrogen-bond acceptors (Lipinski definition) is 38. The zero-order chi connectivity index (χ0) is 108. The van der Waals surface area contributed by atoms with E-state index in [1.54, 1.807) is 38.1 Å². The van der Waals surface area contributed by atoms with E-state index in [1.807, 2.05) is 41.5 Å². The van der Waals surface area contributed by atoms with Gasteiger partial charge in [0.25, 0.3) is 0 Å². The number of Topliss-reactive ketones (excluding diaryl/α,β-unsaturated/α-hetero) is 4. The highest BCUT2D eigenvalue weighted by molar-refractivity contribution is 6.34. The predicted octanol–water partition coefficient (Wildman–Crippen LogP) is 9.27. The van der Waals surface area contributed by atoms with Crippen molar-refractivity contribution in [1.29, 1.82) is 0 Å². The Hall–Kier alpha value is -12.8. The Bertz CT molecular complexity index is 6510. The average Bonchev–Trinajstić information content (AvgIpc) is 0.761. The first-order chi connectivity index (χ1) is 69.7. The third-order valence-electron chi connectivity index (χ3n) is 32.1. The summed E-state index contributed by atoms with van der Waals surface area (Å²) in [6, 6.07) is 20.8. The largest absolute Gasteiger partial charge is 0.507 e. The maximum atomic E-state index is 13.7. The van der Waals surface area contributed by atoms with Crippen LogP contribution in [0.1, 0.15) is 331 Å². The van der Waals surface area contributed by atoms with Gasteiger partial charge in [0.1, 0.15) is 79.9 Å². The summed E-state index contributed by atoms with van der Waals surface area (Å²) in [4.78, 5) is 157. The number of ether oxygens (including phenoxy) is 10. The summed E-state index contributed by atoms with van der Waals surface area (Å²) >= 11 is 0. The lowest BCUT2D eigenvalue weighted by Gasteiger charge is -2.42. The van der Waals surface area contributed by atoms with Gasteiger partial charge in [-0.25, -0.2) is 0 Å². The van der Waals surface area contributed by atoms with E-state index in [2.05, 4.69) is 0 Å². The smallest absolute Gasteiger partial charge is 0.202 e. The Morgan fingerprint density at radius 1 is 0.304 bits per heavy atom. The minimum Gasteiger partial charge on any atom is -0.507 e. The Morgan fingerprint density at radius 2 is 0.520 bits per heavy atom. The molecule has 24 atom stereocenters. The van der Waals surface area contributed by atoms with Crippen molar-refractivity contribution in [2.75, 3.05) is 14.2 Å². The van der Waals surface area contributed by atoms with Crippen molar-refractivity contribution in [1.82, 2.24) is 0 Å². The van der Waals surface area contributed by atoms with Crippen LogP contribution < -0.4 is 20.9 Å². The Balaban J connectivity index is 0.000000135. The second-order valence-corrected chi connectivity index (χ2v) is 41.2. The monoisotopic (exact) mass is 2040 g/mol. The van der Waals surface area contributed by atoms with Crippen molar-refractivity contribution in [3.63, 3.8) is 0 Å². The van der Waals surface area contributed by atoms with E-state index in [0.717, 1.165) is 0 Å². The van der Waals surface area contributed by atoms with Gasteiger partial charge in [0.2, 0.25) is 11.6 Å². The third kappa shape index (κ3) is 17.8. The van der Waals surface area contributed by atoms with E-state index in [9.17, 15) is 129 Å². The fourth-order valence-corrected chi connectivity index (χ4v) is 22.8. The summed E-state index contributed by atoms with van der Waals surface area (Å²) in [5.41, 5.74) is 2.12. The van der Waals surface area contributed by atoms with Crippen LogP contribution in [-0.4, -0.2) is 251 Å². The number of fused-ring (bicyclic) bond motifs is 12. The highest BCUT2D eigenvalue weighted by Gasteiger charge is 2.57. The first-order valence-corrected chi connectivity index (χ1v) is 49.0. The van der Waals surface area contributed by atoms with Crippen LogP contribution >= 0.6 is 0 Å². The number of aliphatic hydroxyl groups is 6. The molecule has 4 heterocycles. The zero-order valence-electron chi connectivity index (χ0n) is 83.5. The van der Waals surface area contributed by atoms with Gasteiger partial charge in [-0.15, -0.1) is 0 Å². The Kier molecular flexibility index (Phi) is 28.5. The first kappa shape index (κ1) is 106. The molecular formula is C110H118N2O36. The quantitative estimate of drug-likeness (QED) is 0.0451. The van der Waals surface area contributed by atoms with Crippen molar-refractivity contribution in [2.24, 2.45) is 35.1 Å². The molecule has 38 heteroatoms. The van der Waals surface area contributed by atoms with Gasteiger partial charge >= 0.3 is 0 Å². The molecule has 0 saturated carbocycles. The van der Waals surface area contributed by atoms with Crippen molar-refractivity contribution in [2.45, 2.75) is 281 Å². The normalized spacial score (nSPS) is 30.9. The number of nitrogens with two attached hydrogens (primary N) is 2. The summed E-state index contributed by atoms with van der Waals surface area (Å²) < 4.78 is 58.7. The fourth-order valence-electron chi connectivity index (χ4n) is 22.8. The van der Waals surface area contributed by atoms with Gasteiger partial charge in [0, 0.05) is 167 Å². The predicted molar refractivity (Wildman–Crippen MR) is 517 cm³/mol. The zero-order valence-corrected chi connectivity index (χ0v) is 83.5. The second-order valence-electron chi connectivity index (χ2n) is 41.2. The van der Waals surface area contributed by atoms with Crippen LogP contribution in [0.3, 0.4) is 0 Å². The number of methoxy groups -OCH3 is 2. The molecule has 38 nitrogen and oxygen atoms in total. The van der Waals surface area contributed by atoms with Gasteiger partial charge in [-0.1, -0.05) is 100 Å². The van der Waals surface area contributed by atoms with Gasteiger partial charge < -0.3 is 130 Å². The second kappa shape index (κ2) is 39.6. The molecule has 8 aromatic carbocycles. The summed E-state index contributed by atoms with van der Waals surface area (Å²) in [5, 5.41) is 156. The number of aliphatic hydroxyl groups excluding tert-OH is 2. The van der Waals surface area contributed by atoms with Crippen molar-refractivity contribution in [3.8, 4) is 57.5 Å². The minimum absolute atomic E-state index is 0.000854. The van der Waals surface area contributed by atoms with Crippen molar-refractivity contribution in [3.05, 3.63) is 218 Å². The summed E-state index contributed by atoms with van der Waals surface area (Å²) in [6.45, 7) is 19.5. The molecule has 0 bridgehead atoms. The molecule has 12 aliphatic rings. The van der Waals surface area contributed by atoms with Crippen LogP contribution in [0.2, 0.25) is 0 Å². The molecule has 4 aliphatic heterocycles. The van der Waals surface area contributed by atoms with E-state index in [1.165, 1.54) is 103 Å². The first-order valence-electron chi connectivity index (χ1n) is 49.0. The van der Waals surface area contributed by atoms with Crippen LogP contribution in [0, 0.1) is 23.7 Å². The molecule has 0 radical (unpaired) electrons. The molecule has 20 rings (SSSR count). The molecular weight excluding hydrogens is 1930 g/mol. The number of phenols is 8. The van der Waals surface area contributed by atoms with Gasteiger partial charge in [-0.3, -0.25) is 57.5 Å². The molecule has 8 aromatic rings. The summed E-state index contributed by atoms with van der Waals surface area (Å²) in [7, 11) is 2.71. The van der Waals surface area contributed by atoms with E-state index < -0.39 is 235 Å². The number of hydrogen-bond donors (Lipinski definition) is 16. The molecule has 8 aliphatic carbocycles. The van der Waals surface area contributed by atoms with Crippen LogP contribution in [0.15, 0.2) is 84.9 Å². The van der Waals surface area contributed by atoms with Gasteiger partial charge in [-0.05, 0) is 91.2 Å². The number of carbonyl (C=O) groups is 12. The van der Waals surface area contributed by atoms with Gasteiger partial charge in [-0.2, -0.15) is 0 Å². The maximum Gasteiger partial charge on any atom is 0.202 e. The fraction of sp³-hybridized carbons (Fsp3) is 0.455. The molecule has 0 aromatic heterocycles. The van der Waals surface area contributed by atoms with E-state index >= 15 is 0 Å². The topological polar surface area (TPSA) is 632 Å². The molecule has 148 heavy (non-hydrogen) atoms. The summed E-state index contributed by atoms with van der Waals surface area (Å²) in [6.07, 6.45) is -12.2. The lowest BCUT2D eigenvalue weighted by atomic mass is 9.72. The van der Waals surface area contributed by atoms with E-state index in [-0.39, 0.29) is 228 Å². The molecule has 784 valence electrons. The van der Waals surface area contributed by atoms with E-state index in [0.29, 0.717) is 19.3 Å². The molecule has 0 unspecified atom stereocenters. The highest BCUT2D eigenvalue weighted by atomic mass is 16.7. The Labute approximate surface area is 847 Å². The number of ketones is 12. The number of rotatable bonds is 14. The molecule has 0 spiro atoms. The molecule has 18 N–H and O–H groups in total. The maximum absolute atomic E-state index is 13.7. The van der Waals surface area contributed by atoms with Crippen LogP contribution in [0.5, 0.6) is 57.5 Å². The lowest BCUT2D eigenvalue weighted by Crippen LogP contribution is -2.49. The van der Waals surface area contributed by atoms with Crippen LogP contribution in [0.4, 0.5) is 0 Å². The van der Waals surface area contributed by atoms with Crippen LogP contribution in [0.25, 0.3) is 0 Å². The number of benzene rings is 8. The standard InChI is InChI=1S/C28H31NO9.C28H30O10.C27H29NO8.C27H28O9/c1-11-12(2)37-19(8-16(11)29)38-18-10-28(35,13(3)30)9-15-21(18)27(34)23-22(25(15)32)24(31)14-6-5-7-17(36-4)20(14)26(23)33;1-11-8-18(37-12(2)23(11)30)38-17-10-28(35,13(3)29)9-15-20(17)27(34)22-21(25(15)32)24(31)14-6-5-7-16(36-4)19(14)26(22)33;1-11-12(2)35-19(8-17(11)28)36-18-10-27(34,13(3)29)9-16-20(18)26(33)22-21(25(16)32)23(30)14-6-4-5-7-15(14)24(22)31;1-11-8-18(35-12(2)22(11)29)36-17-10-27(34,13(3)28)9-16-19(17)26(33)21-20(25(16)32)23(30)14-6-4-5-7-15(14)24(21)31/h5-7,11-12,16,18-19,32,34-35H,8-10,29H2,1-4H3;5-7,11-12,17-18,23,30,32,34-35H,8-10H2,1-4H3;4-7,11-12,17-19,32-34H,8-10,28H2,1-3H3;4-7,11-12,17-18,22,29,32-34H,8-10H2,1-3H3/t11-,12+,16+,18+,19+,28+;11-,12-,17-,18-,23-,28-;11-,12+,17+,18+,19+,27+;11-,12-,17-,18-,22-,27-/m1010/s1.